The number of hydrogen-bond acceptors (Lipinski definition) is 5. The standard InChI is InChI=1S/C24H20ClN3O4/c1-15-7-10-18(13-16(15)2)27-22(29)23(30)28-26-14-17-8-11-19(12-9-17)32-24(31)20-5-3-4-6-21(20)25/h3-14H,1-2H3,(H,27,29)(H,28,30)/b26-14+. The lowest BCUT2D eigenvalue weighted by atomic mass is 10.1. The molecule has 0 unspecified atom stereocenters. The summed E-state index contributed by atoms with van der Waals surface area (Å²) in [5, 5.41) is 6.60. The lowest BCUT2D eigenvalue weighted by Crippen LogP contribution is -2.32. The third kappa shape index (κ3) is 6.02. The van der Waals surface area contributed by atoms with Crippen LogP contribution >= 0.6 is 11.6 Å². The van der Waals surface area contributed by atoms with Gasteiger partial charge in [0.1, 0.15) is 5.75 Å². The first kappa shape index (κ1) is 22.7. The van der Waals surface area contributed by atoms with Crippen LogP contribution in [0.1, 0.15) is 27.0 Å². The molecule has 3 aromatic rings. The van der Waals surface area contributed by atoms with E-state index in [1.165, 1.54) is 6.21 Å². The van der Waals surface area contributed by atoms with Gasteiger partial charge in [-0.05, 0) is 79.1 Å². The van der Waals surface area contributed by atoms with Gasteiger partial charge in [-0.15, -0.1) is 0 Å². The van der Waals surface area contributed by atoms with Crippen LogP contribution in [0.5, 0.6) is 5.75 Å². The van der Waals surface area contributed by atoms with Gasteiger partial charge >= 0.3 is 17.8 Å². The van der Waals surface area contributed by atoms with Crippen molar-refractivity contribution in [1.82, 2.24) is 5.43 Å². The summed E-state index contributed by atoms with van der Waals surface area (Å²) >= 11 is 5.99. The SMILES string of the molecule is Cc1ccc(NC(=O)C(=O)N/N=C/c2ccc(OC(=O)c3ccccc3Cl)cc2)cc1C. The van der Waals surface area contributed by atoms with Gasteiger partial charge in [0.15, 0.2) is 0 Å². The van der Waals surface area contributed by atoms with Crippen LogP contribution in [0, 0.1) is 13.8 Å². The van der Waals surface area contributed by atoms with Gasteiger partial charge in [-0.1, -0.05) is 29.8 Å². The van der Waals surface area contributed by atoms with E-state index in [2.05, 4.69) is 15.8 Å². The number of nitrogens with one attached hydrogen (secondary N) is 2. The Kier molecular flexibility index (Phi) is 7.36. The van der Waals surface area contributed by atoms with E-state index in [-0.39, 0.29) is 5.56 Å². The molecule has 0 spiro atoms. The second kappa shape index (κ2) is 10.4. The van der Waals surface area contributed by atoms with Crippen LogP contribution in [-0.2, 0) is 9.59 Å². The van der Waals surface area contributed by atoms with Crippen LogP contribution in [0.3, 0.4) is 0 Å². The molecule has 3 rings (SSSR count). The van der Waals surface area contributed by atoms with Crippen LogP contribution < -0.4 is 15.5 Å². The number of aryl methyl sites for hydroxylation is 2. The second-order valence-electron chi connectivity index (χ2n) is 6.89. The molecule has 0 aliphatic carbocycles. The highest BCUT2D eigenvalue weighted by Crippen LogP contribution is 2.19. The van der Waals surface area contributed by atoms with Gasteiger partial charge in [0.05, 0.1) is 16.8 Å². The molecule has 0 radical (unpaired) electrons. The smallest absolute Gasteiger partial charge is 0.345 e. The highest BCUT2D eigenvalue weighted by molar-refractivity contribution is 6.39. The molecule has 0 heterocycles. The van der Waals surface area contributed by atoms with Crippen LogP contribution in [0.4, 0.5) is 5.69 Å². The summed E-state index contributed by atoms with van der Waals surface area (Å²) in [6.45, 7) is 3.87. The summed E-state index contributed by atoms with van der Waals surface area (Å²) < 4.78 is 5.29. The second-order valence-corrected chi connectivity index (χ2v) is 7.30. The molecule has 0 aliphatic rings. The van der Waals surface area contributed by atoms with Gasteiger partial charge in [-0.2, -0.15) is 5.10 Å². The molecule has 8 heteroatoms. The highest BCUT2D eigenvalue weighted by Gasteiger charge is 2.13. The van der Waals surface area contributed by atoms with Crippen molar-refractivity contribution in [3.8, 4) is 5.75 Å². The summed E-state index contributed by atoms with van der Waals surface area (Å²) in [5.74, 6) is -1.97. The van der Waals surface area contributed by atoms with Gasteiger partial charge < -0.3 is 10.1 Å². The Bertz CT molecular complexity index is 1190. The summed E-state index contributed by atoms with van der Waals surface area (Å²) in [7, 11) is 0. The molecule has 0 saturated carbocycles. The maximum Gasteiger partial charge on any atom is 0.345 e. The Balaban J connectivity index is 1.52. The maximum atomic E-state index is 12.2. The lowest BCUT2D eigenvalue weighted by molar-refractivity contribution is -0.136. The fourth-order valence-corrected chi connectivity index (χ4v) is 2.85. The largest absolute Gasteiger partial charge is 0.423 e. The fraction of sp³-hybridized carbons (Fsp3) is 0.0833. The van der Waals surface area contributed by atoms with E-state index in [1.54, 1.807) is 60.7 Å². The van der Waals surface area contributed by atoms with Crippen molar-refractivity contribution in [2.24, 2.45) is 5.10 Å². The average molecular weight is 450 g/mol. The summed E-state index contributed by atoms with van der Waals surface area (Å²) in [6.07, 6.45) is 1.36. The third-order valence-electron chi connectivity index (χ3n) is 4.54. The lowest BCUT2D eigenvalue weighted by Gasteiger charge is -2.07. The minimum Gasteiger partial charge on any atom is -0.423 e. The molecule has 0 fully saturated rings. The van der Waals surface area contributed by atoms with Crippen molar-refractivity contribution >= 4 is 41.3 Å². The first-order valence-electron chi connectivity index (χ1n) is 9.62. The molecule has 2 amide bonds. The van der Waals surface area contributed by atoms with Crippen molar-refractivity contribution < 1.29 is 19.1 Å². The molecule has 2 N–H and O–H groups in total. The zero-order chi connectivity index (χ0) is 23.1. The summed E-state index contributed by atoms with van der Waals surface area (Å²) in [6, 6.07) is 18.4. The van der Waals surface area contributed by atoms with Crippen molar-refractivity contribution in [2.45, 2.75) is 13.8 Å². The van der Waals surface area contributed by atoms with E-state index in [1.807, 2.05) is 19.9 Å². The normalized spacial score (nSPS) is 10.6. The Morgan fingerprint density at radius 3 is 2.31 bits per heavy atom. The van der Waals surface area contributed by atoms with Crippen molar-refractivity contribution in [3.63, 3.8) is 0 Å². The van der Waals surface area contributed by atoms with E-state index in [9.17, 15) is 14.4 Å². The van der Waals surface area contributed by atoms with Gasteiger partial charge in [0, 0.05) is 5.69 Å². The Hall–Kier alpha value is -3.97. The topological polar surface area (TPSA) is 96.9 Å². The highest BCUT2D eigenvalue weighted by atomic mass is 35.5. The number of halogens is 1. The quantitative estimate of drug-likeness (QED) is 0.200. The van der Waals surface area contributed by atoms with Gasteiger partial charge in [0.25, 0.3) is 0 Å². The first-order valence-corrected chi connectivity index (χ1v) is 9.99. The predicted molar refractivity (Wildman–Crippen MR) is 123 cm³/mol. The van der Waals surface area contributed by atoms with Gasteiger partial charge in [0.2, 0.25) is 0 Å². The van der Waals surface area contributed by atoms with Crippen LogP contribution in [-0.4, -0.2) is 24.0 Å². The Labute approximate surface area is 190 Å². The molecule has 0 saturated heterocycles. The number of nitrogens with zero attached hydrogens (tertiary/aromatic N) is 1. The van der Waals surface area contributed by atoms with Crippen molar-refractivity contribution in [1.29, 1.82) is 0 Å². The van der Waals surface area contributed by atoms with Gasteiger partial charge in [-0.25, -0.2) is 10.2 Å². The maximum absolute atomic E-state index is 12.2. The molecule has 0 bridgehead atoms. The number of rotatable bonds is 5. The van der Waals surface area contributed by atoms with Crippen LogP contribution in [0.25, 0.3) is 0 Å². The molecule has 0 aliphatic heterocycles. The van der Waals surface area contributed by atoms with Gasteiger partial charge in [-0.3, -0.25) is 9.59 Å². The zero-order valence-electron chi connectivity index (χ0n) is 17.4. The Morgan fingerprint density at radius 2 is 1.62 bits per heavy atom. The van der Waals surface area contributed by atoms with E-state index in [0.29, 0.717) is 22.0 Å². The molecule has 3 aromatic carbocycles. The monoisotopic (exact) mass is 449 g/mol. The number of amides is 2. The molecule has 0 atom stereocenters. The van der Waals surface area contributed by atoms with Crippen molar-refractivity contribution in [2.75, 3.05) is 5.32 Å². The number of esters is 1. The minimum atomic E-state index is -0.898. The molecular weight excluding hydrogens is 430 g/mol. The number of hydrogen-bond donors (Lipinski definition) is 2. The van der Waals surface area contributed by atoms with E-state index in [4.69, 9.17) is 16.3 Å². The number of hydrazone groups is 1. The fourth-order valence-electron chi connectivity index (χ4n) is 2.63. The molecule has 0 aromatic heterocycles. The number of benzene rings is 3. The van der Waals surface area contributed by atoms with Crippen LogP contribution in [0.2, 0.25) is 5.02 Å². The summed E-state index contributed by atoms with van der Waals surface area (Å²) in [4.78, 5) is 36.1. The third-order valence-corrected chi connectivity index (χ3v) is 4.86. The number of ether oxygens (including phenoxy) is 1. The average Bonchev–Trinajstić information content (AvgIpc) is 2.77. The zero-order valence-corrected chi connectivity index (χ0v) is 18.1. The molecule has 7 nitrogen and oxygen atoms in total. The first-order chi connectivity index (χ1) is 15.3. The van der Waals surface area contributed by atoms with E-state index in [0.717, 1.165) is 11.1 Å². The van der Waals surface area contributed by atoms with E-state index < -0.39 is 17.8 Å². The number of carbonyl (C=O) groups excluding carboxylic acids is 3. The summed E-state index contributed by atoms with van der Waals surface area (Å²) in [5.41, 5.74) is 5.67. The molecular formula is C24H20ClN3O4. The molecule has 32 heavy (non-hydrogen) atoms. The molecule has 162 valence electrons. The van der Waals surface area contributed by atoms with Crippen molar-refractivity contribution in [3.05, 3.63) is 94.0 Å². The van der Waals surface area contributed by atoms with E-state index >= 15 is 0 Å². The number of anilines is 1. The number of carbonyl (C=O) groups is 3. The predicted octanol–water partition coefficient (Wildman–Crippen LogP) is 4.26. The minimum absolute atomic E-state index is 0.265. The Morgan fingerprint density at radius 1 is 0.906 bits per heavy atom. The van der Waals surface area contributed by atoms with Crippen LogP contribution in [0.15, 0.2) is 71.8 Å².